The minimum Gasteiger partial charge on any atom is -0.462 e. The topological polar surface area (TPSA) is 115 Å². The molecule has 0 saturated carbocycles. The number of hydrogen-bond donors (Lipinski definition) is 1. The Hall–Kier alpha value is -2.23. The molecule has 0 amide bonds. The second-order valence-corrected chi connectivity index (χ2v) is 6.95. The molecule has 27 heavy (non-hydrogen) atoms. The Morgan fingerprint density at radius 1 is 1.33 bits per heavy atom. The van der Waals surface area contributed by atoms with Gasteiger partial charge in [0.05, 0.1) is 13.7 Å². The molecule has 0 spiro atoms. The lowest BCUT2D eigenvalue weighted by Crippen LogP contribution is -2.48. The number of hydrogen-bond acceptors (Lipinski definition) is 8. The molecule has 3 saturated heterocycles. The van der Waals surface area contributed by atoms with E-state index in [1.807, 2.05) is 30.3 Å². The summed E-state index contributed by atoms with van der Waals surface area (Å²) in [5, 5.41) is 17.6. The van der Waals surface area contributed by atoms with Crippen LogP contribution in [0.2, 0.25) is 0 Å². The van der Waals surface area contributed by atoms with Crippen LogP contribution in [-0.2, 0) is 19.1 Å². The molecule has 9 nitrogen and oxygen atoms in total. The zero-order valence-electron chi connectivity index (χ0n) is 15.3. The Kier molecular flexibility index (Phi) is 5.93. The molecule has 0 aromatic heterocycles. The van der Waals surface area contributed by atoms with Crippen molar-refractivity contribution < 1.29 is 29.3 Å². The van der Waals surface area contributed by atoms with Crippen molar-refractivity contribution in [2.45, 2.75) is 49.2 Å². The van der Waals surface area contributed by atoms with E-state index in [2.05, 4.69) is 16.8 Å². The number of likely N-dealkylation sites (N-methyl/N-ethyl adjacent to an activating group) is 1. The van der Waals surface area contributed by atoms with E-state index < -0.39 is 11.0 Å². The summed E-state index contributed by atoms with van der Waals surface area (Å²) < 4.78 is 11.4. The van der Waals surface area contributed by atoms with Gasteiger partial charge in [-0.25, -0.2) is 0 Å². The third kappa shape index (κ3) is 4.20. The van der Waals surface area contributed by atoms with E-state index in [0.29, 0.717) is 24.3 Å². The highest BCUT2D eigenvalue weighted by molar-refractivity contribution is 5.78. The van der Waals surface area contributed by atoms with E-state index >= 15 is 0 Å². The lowest BCUT2D eigenvalue weighted by Gasteiger charge is -2.38. The molecule has 0 radical (unpaired) electrons. The Morgan fingerprint density at radius 2 is 1.89 bits per heavy atom. The van der Waals surface area contributed by atoms with Crippen LogP contribution in [0.25, 0.3) is 0 Å². The van der Waals surface area contributed by atoms with Crippen molar-refractivity contribution in [2.24, 2.45) is 0 Å². The second kappa shape index (κ2) is 8.20. The van der Waals surface area contributed by atoms with E-state index in [0.717, 1.165) is 25.5 Å². The predicted octanol–water partition coefficient (Wildman–Crippen LogP) is 0.743. The maximum Gasteiger partial charge on any atom is 0.316 e. The average molecular weight is 380 g/mol. The molecule has 1 aromatic rings. The van der Waals surface area contributed by atoms with Crippen LogP contribution >= 0.6 is 0 Å². The highest BCUT2D eigenvalue weighted by atomic mass is 16.9. The predicted molar refractivity (Wildman–Crippen MR) is 93.4 cm³/mol. The van der Waals surface area contributed by atoms with Gasteiger partial charge in [0.15, 0.2) is 0 Å². The van der Waals surface area contributed by atoms with Gasteiger partial charge < -0.3 is 19.4 Å². The van der Waals surface area contributed by atoms with Crippen LogP contribution in [0.1, 0.15) is 24.3 Å². The summed E-state index contributed by atoms with van der Waals surface area (Å²) in [5.41, 5.74) is 0.803. The molecule has 1 unspecified atom stereocenters. The summed E-state index contributed by atoms with van der Waals surface area (Å²) >= 11 is 0. The SMILES string of the molecule is CN1[C@@H]2CC(OC(=O)[C@H](CO)c3ccccc3)C[C@H]1[C@@H]1O[C@@H]12.CO[N+](=O)[O-]. The van der Waals surface area contributed by atoms with Crippen molar-refractivity contribution >= 4 is 5.97 Å². The van der Waals surface area contributed by atoms with Crippen LogP contribution in [0.15, 0.2) is 30.3 Å². The minimum absolute atomic E-state index is 0.0622. The van der Waals surface area contributed by atoms with Crippen LogP contribution in [0.5, 0.6) is 0 Å². The lowest BCUT2D eigenvalue weighted by molar-refractivity contribution is -0.749. The first kappa shape index (κ1) is 19.5. The summed E-state index contributed by atoms with van der Waals surface area (Å²) in [4.78, 5) is 27.2. The number of esters is 1. The molecule has 0 aliphatic carbocycles. The molecule has 3 aliphatic heterocycles. The molecule has 6 atom stereocenters. The van der Waals surface area contributed by atoms with Crippen LogP contribution in [0.3, 0.4) is 0 Å². The molecular formula is C18H24N2O7. The van der Waals surface area contributed by atoms with Gasteiger partial charge in [-0.3, -0.25) is 9.69 Å². The highest BCUT2D eigenvalue weighted by Crippen LogP contribution is 2.48. The fourth-order valence-electron chi connectivity index (χ4n) is 4.04. The van der Waals surface area contributed by atoms with Crippen LogP contribution in [-0.4, -0.2) is 72.2 Å². The van der Waals surface area contributed by atoms with Gasteiger partial charge in [-0.15, -0.1) is 10.1 Å². The monoisotopic (exact) mass is 380 g/mol. The fourth-order valence-corrected chi connectivity index (χ4v) is 4.04. The van der Waals surface area contributed by atoms with Gasteiger partial charge >= 0.3 is 5.97 Å². The van der Waals surface area contributed by atoms with E-state index in [1.165, 1.54) is 0 Å². The number of benzene rings is 1. The summed E-state index contributed by atoms with van der Waals surface area (Å²) in [6.07, 6.45) is 2.26. The number of carbonyl (C=O) groups is 1. The van der Waals surface area contributed by atoms with Crippen molar-refractivity contribution in [2.75, 3.05) is 20.8 Å². The molecule has 3 heterocycles. The standard InChI is InChI=1S/C17H21NO4.CH3NO3/c1-18-13-7-11(8-14(18)16-15(13)22-16)21-17(20)12(9-19)10-5-3-2-4-6-10;1-5-2(3)4/h2-6,11-16,19H,7-9H2,1H3;1H3/t11?,12-,13-,14+,15-,16+;/m1./s1. The molecule has 2 bridgehead atoms. The molecule has 148 valence electrons. The van der Waals surface area contributed by atoms with Gasteiger partial charge in [0.1, 0.15) is 24.2 Å². The molecule has 4 rings (SSSR count). The third-order valence-electron chi connectivity index (χ3n) is 5.48. The number of nitrogens with zero attached hydrogens (tertiary/aromatic N) is 2. The number of aliphatic hydroxyl groups is 1. The van der Waals surface area contributed by atoms with Gasteiger partial charge in [-0.2, -0.15) is 0 Å². The van der Waals surface area contributed by atoms with E-state index in [9.17, 15) is 9.90 Å². The van der Waals surface area contributed by atoms with Gasteiger partial charge in [-0.05, 0) is 12.6 Å². The van der Waals surface area contributed by atoms with Crippen LogP contribution in [0, 0.1) is 10.1 Å². The Labute approximate surface area is 156 Å². The van der Waals surface area contributed by atoms with Crippen molar-refractivity contribution in [3.05, 3.63) is 46.0 Å². The number of aliphatic hydroxyl groups excluding tert-OH is 1. The average Bonchev–Trinajstić information content (AvgIpc) is 3.42. The number of ether oxygens (including phenoxy) is 2. The first-order valence-corrected chi connectivity index (χ1v) is 8.88. The number of rotatable bonds is 5. The minimum atomic E-state index is -0.875. The zero-order valence-corrected chi connectivity index (χ0v) is 15.3. The first-order valence-electron chi connectivity index (χ1n) is 8.88. The molecule has 3 fully saturated rings. The lowest BCUT2D eigenvalue weighted by atomic mass is 9.97. The quantitative estimate of drug-likeness (QED) is 0.344. The van der Waals surface area contributed by atoms with Crippen molar-refractivity contribution in [3.8, 4) is 0 Å². The number of fused-ring (bicyclic) bond motifs is 5. The van der Waals surface area contributed by atoms with E-state index in [-0.39, 0.29) is 18.7 Å². The van der Waals surface area contributed by atoms with Crippen molar-refractivity contribution in [3.63, 3.8) is 0 Å². The van der Waals surface area contributed by atoms with E-state index in [4.69, 9.17) is 19.6 Å². The normalized spacial score (nSPS) is 31.7. The van der Waals surface area contributed by atoms with Crippen LogP contribution < -0.4 is 0 Å². The number of morpholine rings is 1. The Bertz CT molecular complexity index is 653. The zero-order chi connectivity index (χ0) is 19.6. The van der Waals surface area contributed by atoms with Gasteiger partial charge in [0, 0.05) is 24.9 Å². The molecule has 9 heteroatoms. The number of piperidine rings is 1. The smallest absolute Gasteiger partial charge is 0.316 e. The van der Waals surface area contributed by atoms with Gasteiger partial charge in [0.25, 0.3) is 5.09 Å². The summed E-state index contributed by atoms with van der Waals surface area (Å²) in [6, 6.07) is 10.1. The largest absolute Gasteiger partial charge is 0.462 e. The second-order valence-electron chi connectivity index (χ2n) is 6.95. The van der Waals surface area contributed by atoms with Crippen molar-refractivity contribution in [1.29, 1.82) is 0 Å². The number of carbonyl (C=O) groups excluding carboxylic acids is 1. The maximum atomic E-state index is 12.4. The van der Waals surface area contributed by atoms with Crippen LogP contribution in [0.4, 0.5) is 0 Å². The molecule has 3 aliphatic rings. The van der Waals surface area contributed by atoms with E-state index in [1.54, 1.807) is 0 Å². The molecular weight excluding hydrogens is 356 g/mol. The molecule has 1 N–H and O–H groups in total. The molecule has 1 aromatic carbocycles. The Balaban J connectivity index is 0.000000376. The van der Waals surface area contributed by atoms with Gasteiger partial charge in [-0.1, -0.05) is 30.3 Å². The fraction of sp³-hybridized carbons (Fsp3) is 0.611. The maximum absolute atomic E-state index is 12.4. The summed E-state index contributed by atoms with van der Waals surface area (Å²) in [5.74, 6) is -0.915. The summed E-state index contributed by atoms with van der Waals surface area (Å²) in [6.45, 7) is -0.226. The third-order valence-corrected chi connectivity index (χ3v) is 5.48. The highest BCUT2D eigenvalue weighted by Gasteiger charge is 2.62. The van der Waals surface area contributed by atoms with Gasteiger partial charge in [0.2, 0.25) is 0 Å². The van der Waals surface area contributed by atoms with Crippen molar-refractivity contribution in [1.82, 2.24) is 4.90 Å². The Morgan fingerprint density at radius 3 is 2.37 bits per heavy atom. The number of epoxide rings is 1. The first-order chi connectivity index (χ1) is 13.0. The summed E-state index contributed by atoms with van der Waals surface area (Å²) in [7, 11) is 3.13.